The first-order valence-electron chi connectivity index (χ1n) is 22.6. The maximum Gasteiger partial charge on any atom is 0.417 e. The van der Waals surface area contributed by atoms with Gasteiger partial charge < -0.3 is 31.6 Å². The zero-order valence-electron chi connectivity index (χ0n) is 39.3. The zero-order chi connectivity index (χ0) is 54.3. The summed E-state index contributed by atoms with van der Waals surface area (Å²) in [7, 11) is -6.47. The second-order valence-electron chi connectivity index (χ2n) is 18.6. The number of ether oxygens (including phenoxy) is 2. The molecule has 8 rings (SSSR count). The molecule has 6 N–H and O–H groups in total. The van der Waals surface area contributed by atoms with Crippen LogP contribution in [0, 0.1) is 34.5 Å². The van der Waals surface area contributed by atoms with E-state index in [4.69, 9.17) is 20.9 Å². The highest BCUT2D eigenvalue weighted by atomic mass is 32.2. The van der Waals surface area contributed by atoms with Gasteiger partial charge in [0.15, 0.2) is 19.7 Å². The number of rotatable bonds is 16. The third-order valence-corrected chi connectivity index (χ3v) is 17.9. The molecule has 28 heteroatoms. The molecule has 20 nitrogen and oxygen atoms in total. The van der Waals surface area contributed by atoms with E-state index in [0.29, 0.717) is 25.7 Å². The number of hydrogen-bond donors (Lipinski definition) is 4. The van der Waals surface area contributed by atoms with Gasteiger partial charge in [0, 0.05) is 37.7 Å². The van der Waals surface area contributed by atoms with E-state index >= 15 is 0 Å². The van der Waals surface area contributed by atoms with Crippen LogP contribution in [-0.4, -0.2) is 108 Å². The third-order valence-electron chi connectivity index (χ3n) is 13.5. The molecule has 0 spiro atoms. The molecule has 396 valence electrons. The van der Waals surface area contributed by atoms with Gasteiger partial charge in [0.1, 0.15) is 24.2 Å². The average molecular weight is 1080 g/mol. The van der Waals surface area contributed by atoms with Crippen LogP contribution in [0.15, 0.2) is 71.0 Å². The highest BCUT2D eigenvalue weighted by Crippen LogP contribution is 2.45. The van der Waals surface area contributed by atoms with Crippen LogP contribution in [0.1, 0.15) is 62.5 Å². The van der Waals surface area contributed by atoms with Gasteiger partial charge in [-0.3, -0.25) is 28.5 Å². The minimum Gasteiger partial charge on any atom is -0.381 e. The third kappa shape index (κ3) is 11.7. The molecule has 4 fully saturated rings. The van der Waals surface area contributed by atoms with Crippen molar-refractivity contribution in [3.63, 3.8) is 0 Å². The SMILES string of the molecule is CO[C@@H]1C[C@H](S(=O)(=O)c2ccc(-c3cnn(CC(N)=O)c3)cc2C(F)(F)F)C[C@H]1C(=O)NC1(C#N)CC1.CO[C@H]1C[C@@H](S(=O)(=O)c2ccc(-c3cnn(CC(N)=O)c3)cc2C(F)(F)F)C[C@@H]1C(=O)NC1(C#N)CC1. The van der Waals surface area contributed by atoms with Gasteiger partial charge in [-0.25, -0.2) is 16.8 Å². The van der Waals surface area contributed by atoms with Crippen LogP contribution in [0.3, 0.4) is 0 Å². The highest BCUT2D eigenvalue weighted by molar-refractivity contribution is 7.92. The summed E-state index contributed by atoms with van der Waals surface area (Å²) >= 11 is 0. The summed E-state index contributed by atoms with van der Waals surface area (Å²) in [5, 5.41) is 28.9. The lowest BCUT2D eigenvalue weighted by atomic mass is 10.0. The van der Waals surface area contributed by atoms with Crippen molar-refractivity contribution in [2.24, 2.45) is 23.3 Å². The van der Waals surface area contributed by atoms with Crippen LogP contribution in [0.5, 0.6) is 0 Å². The lowest BCUT2D eigenvalue weighted by Gasteiger charge is -2.19. The van der Waals surface area contributed by atoms with E-state index in [9.17, 15) is 72.9 Å². The van der Waals surface area contributed by atoms with Crippen molar-refractivity contribution in [3.05, 3.63) is 72.3 Å². The second kappa shape index (κ2) is 20.4. The number of sulfone groups is 2. The number of amides is 4. The first-order chi connectivity index (χ1) is 34.6. The van der Waals surface area contributed by atoms with Crippen LogP contribution in [0.25, 0.3) is 22.3 Å². The summed E-state index contributed by atoms with van der Waals surface area (Å²) in [5.74, 6) is -4.35. The molecular formula is C46H48F6N10O10S2. The Balaban J connectivity index is 0.000000216. The molecule has 6 atom stereocenters. The van der Waals surface area contributed by atoms with Gasteiger partial charge in [0.2, 0.25) is 23.6 Å². The molecule has 0 saturated heterocycles. The molecular weight excluding hydrogens is 1030 g/mol. The molecule has 2 aromatic carbocycles. The second-order valence-corrected chi connectivity index (χ2v) is 23.0. The van der Waals surface area contributed by atoms with Crippen LogP contribution in [0.4, 0.5) is 26.3 Å². The fourth-order valence-electron chi connectivity index (χ4n) is 9.16. The number of nitrogens with one attached hydrogen (secondary N) is 2. The first kappa shape index (κ1) is 54.9. The monoisotopic (exact) mass is 1080 g/mol. The molecule has 74 heavy (non-hydrogen) atoms. The van der Waals surface area contributed by atoms with Crippen LogP contribution in [0.2, 0.25) is 0 Å². The van der Waals surface area contributed by atoms with Gasteiger partial charge in [0.25, 0.3) is 0 Å². The van der Waals surface area contributed by atoms with Crippen molar-refractivity contribution in [1.29, 1.82) is 10.5 Å². The Morgan fingerprint density at radius 3 is 1.28 bits per heavy atom. The van der Waals surface area contributed by atoms with E-state index in [1.807, 2.05) is 12.1 Å². The average Bonchev–Trinajstić information content (AvgIpc) is 3.89. The molecule has 4 amide bonds. The van der Waals surface area contributed by atoms with Crippen molar-refractivity contribution in [1.82, 2.24) is 30.2 Å². The Morgan fingerprint density at radius 2 is 1.00 bits per heavy atom. The van der Waals surface area contributed by atoms with Gasteiger partial charge >= 0.3 is 12.4 Å². The Kier molecular flexibility index (Phi) is 15.2. The van der Waals surface area contributed by atoms with E-state index in [0.717, 1.165) is 33.6 Å². The maximum atomic E-state index is 14.1. The first-order valence-corrected chi connectivity index (χ1v) is 25.7. The summed E-state index contributed by atoms with van der Waals surface area (Å²) < 4.78 is 151. The Bertz CT molecular complexity index is 2970. The molecule has 2 heterocycles. The molecule has 0 unspecified atom stereocenters. The highest BCUT2D eigenvalue weighted by Gasteiger charge is 2.53. The number of benzene rings is 2. The lowest BCUT2D eigenvalue weighted by Crippen LogP contribution is -2.42. The number of aromatic nitrogens is 4. The minimum absolute atomic E-state index is 0.0478. The summed E-state index contributed by atoms with van der Waals surface area (Å²) in [5.41, 5.74) is 6.13. The topological polar surface area (TPSA) is 314 Å². The van der Waals surface area contributed by atoms with E-state index in [2.05, 4.69) is 20.8 Å². The lowest BCUT2D eigenvalue weighted by molar-refractivity contribution is -0.140. The number of nitrogens with two attached hydrogens (primary N) is 2. The number of halogens is 6. The molecule has 2 aromatic heterocycles. The fraction of sp³-hybridized carbons (Fsp3) is 0.478. The van der Waals surface area contributed by atoms with Crippen molar-refractivity contribution in [3.8, 4) is 34.4 Å². The van der Waals surface area contributed by atoms with Gasteiger partial charge in [-0.05, 0) is 86.8 Å². The number of carbonyl (C=O) groups is 4. The summed E-state index contributed by atoms with van der Waals surface area (Å²) in [6, 6.07) is 9.70. The molecule has 4 aromatic rings. The number of alkyl halides is 6. The largest absolute Gasteiger partial charge is 0.417 e. The van der Waals surface area contributed by atoms with Gasteiger partial charge in [-0.15, -0.1) is 0 Å². The predicted molar refractivity (Wildman–Crippen MR) is 244 cm³/mol. The van der Waals surface area contributed by atoms with E-state index < -0.39 is 122 Å². The van der Waals surface area contributed by atoms with Gasteiger partial charge in [-0.2, -0.15) is 47.1 Å². The molecule has 4 aliphatic carbocycles. The van der Waals surface area contributed by atoms with E-state index in [1.165, 1.54) is 51.1 Å². The molecule has 0 radical (unpaired) electrons. The van der Waals surface area contributed by atoms with E-state index in [-0.39, 0.29) is 61.0 Å². The standard InChI is InChI=1S/2C23H24F3N5O5S/c2*1-36-18-8-15(7-16(18)21(33)30-22(12-27)4-5-22)37(34,35)19-3-2-13(6-17(19)23(24,25)26)14-9-29-31(10-14)11-20(28)32/h2*2-3,6,9-10,15-16,18H,4-5,7-8,11H2,1H3,(H2,28,32)(H,30,33)/t2*15-,16-,18-/m10/s1. The fourth-order valence-corrected chi connectivity index (χ4v) is 13.2. The van der Waals surface area contributed by atoms with Crippen molar-refractivity contribution in [2.75, 3.05) is 14.2 Å². The molecule has 4 aliphatic rings. The summed E-state index contributed by atoms with van der Waals surface area (Å²) in [6.45, 7) is -0.545. The van der Waals surface area contributed by atoms with Gasteiger partial charge in [-0.1, -0.05) is 12.1 Å². The van der Waals surface area contributed by atoms with Crippen molar-refractivity contribution < 1.29 is 71.8 Å². The Hall–Kier alpha value is -6.88. The van der Waals surface area contributed by atoms with Gasteiger partial charge in [0.05, 0.1) is 80.0 Å². The quantitative estimate of drug-likeness (QED) is 0.117. The molecule has 0 aliphatic heterocycles. The van der Waals surface area contributed by atoms with Crippen molar-refractivity contribution >= 4 is 43.3 Å². The summed E-state index contributed by atoms with van der Waals surface area (Å²) in [4.78, 5) is 45.9. The number of hydrogen-bond acceptors (Lipinski definition) is 14. The van der Waals surface area contributed by atoms with Crippen molar-refractivity contribution in [2.45, 2.75) is 120 Å². The number of primary amides is 2. The maximum absolute atomic E-state index is 14.1. The normalized spacial score (nSPS) is 22.8. The smallest absolute Gasteiger partial charge is 0.381 e. The summed E-state index contributed by atoms with van der Waals surface area (Å²) in [6.07, 6.45) is -5.46. The minimum atomic E-state index is -5.00. The number of nitriles is 2. The predicted octanol–water partition coefficient (Wildman–Crippen LogP) is 3.59. The number of nitrogens with zero attached hydrogens (tertiary/aromatic N) is 6. The van der Waals surface area contributed by atoms with Crippen LogP contribution >= 0.6 is 0 Å². The molecule has 4 saturated carbocycles. The number of carbonyl (C=O) groups excluding carboxylic acids is 4. The van der Waals surface area contributed by atoms with Crippen LogP contribution < -0.4 is 22.1 Å². The number of methoxy groups -OCH3 is 2. The Morgan fingerprint density at radius 1 is 0.649 bits per heavy atom. The van der Waals surface area contributed by atoms with Crippen LogP contribution in [-0.2, 0) is 73.8 Å². The van der Waals surface area contributed by atoms with E-state index in [1.54, 1.807) is 0 Å². The Labute approximate surface area is 419 Å². The molecule has 0 bridgehead atoms. The zero-order valence-corrected chi connectivity index (χ0v) is 40.9.